The first kappa shape index (κ1) is 17.3. The van der Waals surface area contributed by atoms with Gasteiger partial charge in [-0.1, -0.05) is 32.1 Å². The lowest BCUT2D eigenvalue weighted by atomic mass is 9.86. The van der Waals surface area contributed by atoms with Gasteiger partial charge in [0, 0.05) is 19.0 Å². The summed E-state index contributed by atoms with van der Waals surface area (Å²) in [6.07, 6.45) is 10.9. The zero-order valence-electron chi connectivity index (χ0n) is 14.3. The van der Waals surface area contributed by atoms with Gasteiger partial charge >= 0.3 is 0 Å². The van der Waals surface area contributed by atoms with Crippen LogP contribution in [0.5, 0.6) is 0 Å². The standard InChI is InChI=1S/C17H24N6O2/c24-16(8-6-14-4-2-1-3-5-14)19-10-11-22-17(25)9-7-15(21-22)23-13-18-12-20-23/h7,9,12-14H,1-6,8,10-11H2,(H,19,24). The van der Waals surface area contributed by atoms with E-state index < -0.39 is 0 Å². The van der Waals surface area contributed by atoms with E-state index in [4.69, 9.17) is 0 Å². The van der Waals surface area contributed by atoms with Crippen LogP contribution in [0.15, 0.2) is 29.6 Å². The smallest absolute Gasteiger partial charge is 0.266 e. The monoisotopic (exact) mass is 344 g/mol. The van der Waals surface area contributed by atoms with Crippen LogP contribution in [0, 0.1) is 5.92 Å². The Morgan fingerprint density at radius 2 is 2.08 bits per heavy atom. The van der Waals surface area contributed by atoms with E-state index in [1.165, 1.54) is 60.2 Å². The van der Waals surface area contributed by atoms with Crippen molar-refractivity contribution < 1.29 is 4.79 Å². The molecule has 0 unspecified atom stereocenters. The maximum absolute atomic E-state index is 12.0. The van der Waals surface area contributed by atoms with Crippen LogP contribution < -0.4 is 10.9 Å². The van der Waals surface area contributed by atoms with Crippen LogP contribution >= 0.6 is 0 Å². The summed E-state index contributed by atoms with van der Waals surface area (Å²) < 4.78 is 2.82. The Kier molecular flexibility index (Phi) is 5.92. The van der Waals surface area contributed by atoms with E-state index in [1.807, 2.05) is 0 Å². The molecule has 0 aliphatic heterocycles. The first-order valence-electron chi connectivity index (χ1n) is 8.92. The summed E-state index contributed by atoms with van der Waals surface area (Å²) in [6.45, 7) is 0.716. The number of rotatable bonds is 7. The summed E-state index contributed by atoms with van der Waals surface area (Å²) in [6, 6.07) is 3.03. The normalized spacial score (nSPS) is 15.2. The molecule has 2 aromatic heterocycles. The number of amides is 1. The third-order valence-electron chi connectivity index (χ3n) is 4.66. The second-order valence-corrected chi connectivity index (χ2v) is 6.49. The minimum atomic E-state index is -0.208. The molecule has 0 atom stereocenters. The number of hydrogen-bond acceptors (Lipinski definition) is 5. The Morgan fingerprint density at radius 1 is 1.24 bits per heavy atom. The van der Waals surface area contributed by atoms with Gasteiger partial charge in [-0.15, -0.1) is 5.10 Å². The maximum atomic E-state index is 12.0. The van der Waals surface area contributed by atoms with Gasteiger partial charge in [0.25, 0.3) is 5.56 Å². The quantitative estimate of drug-likeness (QED) is 0.817. The molecule has 1 aliphatic carbocycles. The Labute approximate surface area is 146 Å². The molecule has 2 heterocycles. The van der Waals surface area contributed by atoms with E-state index in [2.05, 4.69) is 20.5 Å². The van der Waals surface area contributed by atoms with Gasteiger partial charge in [-0.25, -0.2) is 14.3 Å². The first-order valence-corrected chi connectivity index (χ1v) is 8.92. The fraction of sp³-hybridized carbons (Fsp3) is 0.588. The van der Waals surface area contributed by atoms with Crippen molar-refractivity contribution in [3.63, 3.8) is 0 Å². The second kappa shape index (κ2) is 8.55. The zero-order valence-corrected chi connectivity index (χ0v) is 14.3. The predicted octanol–water partition coefficient (Wildman–Crippen LogP) is 1.30. The lowest BCUT2D eigenvalue weighted by molar-refractivity contribution is -0.121. The van der Waals surface area contributed by atoms with Gasteiger partial charge in [-0.2, -0.15) is 5.10 Å². The minimum absolute atomic E-state index is 0.0473. The van der Waals surface area contributed by atoms with Crippen LogP contribution in [-0.4, -0.2) is 37.0 Å². The van der Waals surface area contributed by atoms with E-state index in [0.29, 0.717) is 31.2 Å². The Balaban J connectivity index is 1.46. The van der Waals surface area contributed by atoms with Gasteiger partial charge in [0.2, 0.25) is 5.91 Å². The first-order chi connectivity index (χ1) is 12.2. The minimum Gasteiger partial charge on any atom is -0.354 e. The van der Waals surface area contributed by atoms with Crippen molar-refractivity contribution in [3.05, 3.63) is 35.1 Å². The van der Waals surface area contributed by atoms with Crippen LogP contribution in [0.3, 0.4) is 0 Å². The fourth-order valence-corrected chi connectivity index (χ4v) is 3.25. The third kappa shape index (κ3) is 4.98. The Hall–Kier alpha value is -2.51. The van der Waals surface area contributed by atoms with Crippen LogP contribution in [0.2, 0.25) is 0 Å². The summed E-state index contributed by atoms with van der Waals surface area (Å²) >= 11 is 0. The molecule has 0 aromatic carbocycles. The largest absolute Gasteiger partial charge is 0.354 e. The van der Waals surface area contributed by atoms with Crippen molar-refractivity contribution >= 4 is 5.91 Å². The van der Waals surface area contributed by atoms with Crippen molar-refractivity contribution in [2.45, 2.75) is 51.5 Å². The Bertz CT molecular complexity index is 734. The van der Waals surface area contributed by atoms with Crippen molar-refractivity contribution in [1.29, 1.82) is 0 Å². The van der Waals surface area contributed by atoms with Gasteiger partial charge in [0.15, 0.2) is 5.82 Å². The van der Waals surface area contributed by atoms with Gasteiger partial charge in [0.1, 0.15) is 12.7 Å². The van der Waals surface area contributed by atoms with E-state index >= 15 is 0 Å². The number of nitrogens with one attached hydrogen (secondary N) is 1. The van der Waals surface area contributed by atoms with Crippen molar-refractivity contribution in [2.75, 3.05) is 6.54 Å². The average Bonchev–Trinajstić information content (AvgIpc) is 3.17. The van der Waals surface area contributed by atoms with Crippen LogP contribution in [-0.2, 0) is 11.3 Å². The fourth-order valence-electron chi connectivity index (χ4n) is 3.25. The lowest BCUT2D eigenvalue weighted by Gasteiger charge is -2.20. The maximum Gasteiger partial charge on any atom is 0.266 e. The molecular formula is C17H24N6O2. The summed E-state index contributed by atoms with van der Waals surface area (Å²) in [4.78, 5) is 27.7. The highest BCUT2D eigenvalue weighted by Crippen LogP contribution is 2.27. The van der Waals surface area contributed by atoms with Gasteiger partial charge < -0.3 is 5.32 Å². The molecule has 1 amide bonds. The number of nitrogens with zero attached hydrogens (tertiary/aromatic N) is 5. The van der Waals surface area contributed by atoms with E-state index in [0.717, 1.165) is 6.42 Å². The highest BCUT2D eigenvalue weighted by molar-refractivity contribution is 5.75. The molecule has 3 rings (SSSR count). The predicted molar refractivity (Wildman–Crippen MR) is 92.2 cm³/mol. The number of hydrogen-bond donors (Lipinski definition) is 1. The molecule has 8 nitrogen and oxygen atoms in total. The molecule has 0 bridgehead atoms. The summed E-state index contributed by atoms with van der Waals surface area (Å²) in [5.41, 5.74) is -0.208. The van der Waals surface area contributed by atoms with Gasteiger partial charge in [-0.3, -0.25) is 9.59 Å². The molecule has 2 aromatic rings. The SMILES string of the molecule is O=C(CCC1CCCCC1)NCCn1nc(-n2cncn2)ccc1=O. The molecule has 1 N–H and O–H groups in total. The van der Waals surface area contributed by atoms with E-state index in [-0.39, 0.29) is 11.5 Å². The molecule has 1 aliphatic rings. The second-order valence-electron chi connectivity index (χ2n) is 6.49. The summed E-state index contributed by atoms with van der Waals surface area (Å²) in [7, 11) is 0. The zero-order chi connectivity index (χ0) is 17.5. The van der Waals surface area contributed by atoms with Gasteiger partial charge in [-0.05, 0) is 18.4 Å². The van der Waals surface area contributed by atoms with Gasteiger partial charge in [0.05, 0.1) is 6.54 Å². The number of carbonyl (C=O) groups excluding carboxylic acids is 1. The highest BCUT2D eigenvalue weighted by atomic mass is 16.1. The van der Waals surface area contributed by atoms with Crippen molar-refractivity contribution in [1.82, 2.24) is 29.9 Å². The molecule has 0 spiro atoms. The molecule has 8 heteroatoms. The number of aromatic nitrogens is 5. The van der Waals surface area contributed by atoms with Crippen LogP contribution in [0.4, 0.5) is 0 Å². The van der Waals surface area contributed by atoms with Crippen LogP contribution in [0.1, 0.15) is 44.9 Å². The molecular weight excluding hydrogens is 320 g/mol. The molecule has 1 saturated carbocycles. The topological polar surface area (TPSA) is 94.7 Å². The van der Waals surface area contributed by atoms with E-state index in [1.54, 1.807) is 6.07 Å². The molecule has 0 saturated heterocycles. The lowest BCUT2D eigenvalue weighted by Crippen LogP contribution is -2.32. The molecule has 0 radical (unpaired) electrons. The summed E-state index contributed by atoms with van der Waals surface area (Å²) in [5.74, 6) is 1.26. The molecule has 25 heavy (non-hydrogen) atoms. The average molecular weight is 344 g/mol. The Morgan fingerprint density at radius 3 is 2.84 bits per heavy atom. The highest BCUT2D eigenvalue weighted by Gasteiger charge is 2.14. The molecule has 134 valence electrons. The molecule has 1 fully saturated rings. The van der Waals surface area contributed by atoms with Crippen molar-refractivity contribution in [3.8, 4) is 5.82 Å². The van der Waals surface area contributed by atoms with Crippen LogP contribution in [0.25, 0.3) is 5.82 Å². The van der Waals surface area contributed by atoms with E-state index in [9.17, 15) is 9.59 Å². The van der Waals surface area contributed by atoms with Crippen molar-refractivity contribution in [2.24, 2.45) is 5.92 Å². The third-order valence-corrected chi connectivity index (χ3v) is 4.66. The number of carbonyl (C=O) groups is 1. The summed E-state index contributed by atoms with van der Waals surface area (Å²) in [5, 5.41) is 11.1.